The molecule has 0 spiro atoms. The van der Waals surface area contributed by atoms with Crippen molar-refractivity contribution in [1.82, 2.24) is 9.97 Å². The Bertz CT molecular complexity index is 304. The molecule has 1 aromatic rings. The van der Waals surface area contributed by atoms with Gasteiger partial charge in [-0.3, -0.25) is 0 Å². The van der Waals surface area contributed by atoms with Crippen molar-refractivity contribution >= 4 is 5.82 Å². The molecule has 0 aliphatic rings. The summed E-state index contributed by atoms with van der Waals surface area (Å²) in [6.45, 7) is 5.93. The second-order valence-corrected chi connectivity index (χ2v) is 4.01. The quantitative estimate of drug-likeness (QED) is 0.673. The minimum atomic E-state index is -0.115. The molecule has 0 unspecified atom stereocenters. The van der Waals surface area contributed by atoms with E-state index in [0.29, 0.717) is 17.2 Å². The first-order valence-electron chi connectivity index (χ1n) is 4.18. The minimum absolute atomic E-state index is 0.109. The van der Waals surface area contributed by atoms with Gasteiger partial charge in [-0.1, -0.05) is 20.8 Å². The predicted octanol–water partition coefficient (Wildman–Crippen LogP) is 0.849. The van der Waals surface area contributed by atoms with Crippen LogP contribution in [0.5, 0.6) is 0 Å². The first-order chi connectivity index (χ1) is 5.95. The molecule has 0 saturated heterocycles. The molecule has 13 heavy (non-hydrogen) atoms. The Hall–Kier alpha value is -1.16. The number of hydrogen-bond donors (Lipinski definition) is 2. The zero-order chi connectivity index (χ0) is 10.1. The van der Waals surface area contributed by atoms with Gasteiger partial charge in [0.15, 0.2) is 0 Å². The van der Waals surface area contributed by atoms with Crippen LogP contribution in [0.2, 0.25) is 0 Å². The molecule has 1 rings (SSSR count). The average molecular weight is 181 g/mol. The Kier molecular flexibility index (Phi) is 2.52. The van der Waals surface area contributed by atoms with Crippen LogP contribution in [-0.2, 0) is 12.0 Å². The number of rotatable bonds is 1. The summed E-state index contributed by atoms with van der Waals surface area (Å²) < 4.78 is 0. The number of nitrogens with two attached hydrogens (primary N) is 1. The van der Waals surface area contributed by atoms with Crippen molar-refractivity contribution in [3.8, 4) is 0 Å². The van der Waals surface area contributed by atoms with E-state index in [0.717, 1.165) is 0 Å². The van der Waals surface area contributed by atoms with Crippen LogP contribution in [0.3, 0.4) is 0 Å². The van der Waals surface area contributed by atoms with E-state index in [4.69, 9.17) is 10.8 Å². The van der Waals surface area contributed by atoms with Crippen LogP contribution in [0.4, 0.5) is 5.82 Å². The summed E-state index contributed by atoms with van der Waals surface area (Å²) in [6, 6.07) is 0. The fourth-order valence-corrected chi connectivity index (χ4v) is 0.903. The number of hydrogen-bond acceptors (Lipinski definition) is 4. The second kappa shape index (κ2) is 3.30. The topological polar surface area (TPSA) is 72.0 Å². The fourth-order valence-electron chi connectivity index (χ4n) is 0.903. The number of nitrogen functional groups attached to an aromatic ring is 1. The number of nitrogens with zero attached hydrogens (tertiary/aromatic N) is 2. The van der Waals surface area contributed by atoms with Crippen LogP contribution in [0.1, 0.15) is 32.2 Å². The SMILES string of the molecule is CC(C)(C)c1ncc(CO)c(N)n1. The van der Waals surface area contributed by atoms with Gasteiger partial charge in [0.1, 0.15) is 11.6 Å². The van der Waals surface area contributed by atoms with Gasteiger partial charge in [0, 0.05) is 17.2 Å². The number of anilines is 1. The molecule has 1 aromatic heterocycles. The Morgan fingerprint density at radius 3 is 2.46 bits per heavy atom. The van der Waals surface area contributed by atoms with Gasteiger partial charge < -0.3 is 10.8 Å². The maximum Gasteiger partial charge on any atom is 0.135 e. The summed E-state index contributed by atoms with van der Waals surface area (Å²) in [7, 11) is 0. The zero-order valence-electron chi connectivity index (χ0n) is 8.20. The monoisotopic (exact) mass is 181 g/mol. The fraction of sp³-hybridized carbons (Fsp3) is 0.556. The number of aliphatic hydroxyl groups excluding tert-OH is 1. The highest BCUT2D eigenvalue weighted by atomic mass is 16.3. The molecule has 72 valence electrons. The van der Waals surface area contributed by atoms with E-state index in [1.165, 1.54) is 0 Å². The highest BCUT2D eigenvalue weighted by Gasteiger charge is 2.17. The molecule has 0 fully saturated rings. The van der Waals surface area contributed by atoms with Crippen LogP contribution >= 0.6 is 0 Å². The lowest BCUT2D eigenvalue weighted by Gasteiger charge is -2.16. The van der Waals surface area contributed by atoms with E-state index < -0.39 is 0 Å². The van der Waals surface area contributed by atoms with E-state index in [-0.39, 0.29) is 12.0 Å². The first-order valence-corrected chi connectivity index (χ1v) is 4.18. The van der Waals surface area contributed by atoms with Gasteiger partial charge in [0.05, 0.1) is 6.61 Å². The maximum absolute atomic E-state index is 8.85. The third kappa shape index (κ3) is 2.15. The van der Waals surface area contributed by atoms with Crippen molar-refractivity contribution in [3.63, 3.8) is 0 Å². The zero-order valence-corrected chi connectivity index (χ0v) is 8.20. The van der Waals surface area contributed by atoms with Crippen molar-refractivity contribution in [1.29, 1.82) is 0 Å². The van der Waals surface area contributed by atoms with Crippen molar-refractivity contribution in [2.75, 3.05) is 5.73 Å². The Labute approximate surface area is 77.8 Å². The molecule has 0 aliphatic carbocycles. The van der Waals surface area contributed by atoms with E-state index >= 15 is 0 Å². The van der Waals surface area contributed by atoms with E-state index in [1.54, 1.807) is 6.20 Å². The van der Waals surface area contributed by atoms with E-state index in [9.17, 15) is 0 Å². The Morgan fingerprint density at radius 2 is 2.08 bits per heavy atom. The molecule has 0 amide bonds. The van der Waals surface area contributed by atoms with Crippen molar-refractivity contribution < 1.29 is 5.11 Å². The third-order valence-electron chi connectivity index (χ3n) is 1.74. The summed E-state index contributed by atoms with van der Waals surface area (Å²) in [4.78, 5) is 8.25. The van der Waals surface area contributed by atoms with Gasteiger partial charge in [0.25, 0.3) is 0 Å². The summed E-state index contributed by atoms with van der Waals surface area (Å²) in [5.41, 5.74) is 6.09. The molecule has 4 nitrogen and oxygen atoms in total. The molecule has 0 atom stereocenters. The van der Waals surface area contributed by atoms with E-state index in [1.807, 2.05) is 20.8 Å². The molecule has 0 aromatic carbocycles. The highest BCUT2D eigenvalue weighted by Crippen LogP contribution is 2.19. The molecular formula is C9H15N3O. The minimum Gasteiger partial charge on any atom is -0.391 e. The van der Waals surface area contributed by atoms with Crippen LogP contribution in [0, 0.1) is 0 Å². The van der Waals surface area contributed by atoms with Crippen LogP contribution in [0.15, 0.2) is 6.20 Å². The maximum atomic E-state index is 8.85. The van der Waals surface area contributed by atoms with Gasteiger partial charge in [0.2, 0.25) is 0 Å². The molecule has 0 bridgehead atoms. The summed E-state index contributed by atoms with van der Waals surface area (Å²) in [5.74, 6) is 1.06. The highest BCUT2D eigenvalue weighted by molar-refractivity contribution is 5.37. The molecule has 3 N–H and O–H groups in total. The standard InChI is InChI=1S/C9H15N3O/c1-9(2,3)8-11-4-6(5-13)7(10)12-8/h4,13H,5H2,1-3H3,(H2,10,11,12). The van der Waals surface area contributed by atoms with Crippen molar-refractivity contribution in [3.05, 3.63) is 17.6 Å². The smallest absolute Gasteiger partial charge is 0.135 e. The third-order valence-corrected chi connectivity index (χ3v) is 1.74. The average Bonchev–Trinajstić information content (AvgIpc) is 2.02. The van der Waals surface area contributed by atoms with E-state index in [2.05, 4.69) is 9.97 Å². The lowest BCUT2D eigenvalue weighted by Crippen LogP contribution is -2.17. The number of aromatic nitrogens is 2. The lowest BCUT2D eigenvalue weighted by atomic mass is 9.95. The van der Waals surface area contributed by atoms with Crippen molar-refractivity contribution in [2.45, 2.75) is 32.8 Å². The van der Waals surface area contributed by atoms with Gasteiger partial charge in [-0.25, -0.2) is 9.97 Å². The first kappa shape index (κ1) is 9.92. The van der Waals surface area contributed by atoms with Gasteiger partial charge >= 0.3 is 0 Å². The molecule has 4 heteroatoms. The lowest BCUT2D eigenvalue weighted by molar-refractivity contribution is 0.281. The molecule has 0 radical (unpaired) electrons. The molecule has 0 saturated carbocycles. The molecular weight excluding hydrogens is 166 g/mol. The van der Waals surface area contributed by atoms with Gasteiger partial charge in [-0.2, -0.15) is 0 Å². The predicted molar refractivity (Wildman–Crippen MR) is 51.1 cm³/mol. The Balaban J connectivity index is 3.10. The van der Waals surface area contributed by atoms with Crippen molar-refractivity contribution in [2.24, 2.45) is 0 Å². The van der Waals surface area contributed by atoms with Gasteiger partial charge in [-0.05, 0) is 0 Å². The Morgan fingerprint density at radius 1 is 1.46 bits per heavy atom. The van der Waals surface area contributed by atoms with Crippen LogP contribution in [-0.4, -0.2) is 15.1 Å². The van der Waals surface area contributed by atoms with Gasteiger partial charge in [-0.15, -0.1) is 0 Å². The molecule has 1 heterocycles. The summed E-state index contributed by atoms with van der Waals surface area (Å²) in [6.07, 6.45) is 1.57. The second-order valence-electron chi connectivity index (χ2n) is 4.01. The largest absolute Gasteiger partial charge is 0.391 e. The normalized spacial score (nSPS) is 11.7. The van der Waals surface area contributed by atoms with Crippen LogP contribution in [0.25, 0.3) is 0 Å². The summed E-state index contributed by atoms with van der Waals surface area (Å²) >= 11 is 0. The summed E-state index contributed by atoms with van der Waals surface area (Å²) in [5, 5.41) is 8.85. The van der Waals surface area contributed by atoms with Crippen LogP contribution < -0.4 is 5.73 Å². The number of aliphatic hydroxyl groups is 1. The molecule has 0 aliphatic heterocycles.